The predicted molar refractivity (Wildman–Crippen MR) is 93.7 cm³/mol. The molecule has 6 nitrogen and oxygen atoms in total. The van der Waals surface area contributed by atoms with Crippen LogP contribution >= 0.6 is 0 Å². The quantitative estimate of drug-likeness (QED) is 0.767. The van der Waals surface area contributed by atoms with Crippen LogP contribution in [-0.4, -0.2) is 31.2 Å². The van der Waals surface area contributed by atoms with Crippen molar-refractivity contribution < 1.29 is 28.2 Å². The number of ether oxygens (including phenoxy) is 3. The van der Waals surface area contributed by atoms with E-state index in [0.29, 0.717) is 17.2 Å². The average molecular weight is 361 g/mol. The Bertz CT molecular complexity index is 757. The highest BCUT2D eigenvalue weighted by atomic mass is 19.1. The van der Waals surface area contributed by atoms with Crippen LogP contribution in [-0.2, 0) is 14.3 Å². The van der Waals surface area contributed by atoms with Gasteiger partial charge in [-0.2, -0.15) is 0 Å². The van der Waals surface area contributed by atoms with E-state index in [1.807, 2.05) is 0 Å². The third kappa shape index (κ3) is 5.47. The number of benzene rings is 2. The number of amides is 1. The highest BCUT2D eigenvalue weighted by Gasteiger charge is 2.32. The Hall–Kier alpha value is -3.09. The number of carbonyl (C=O) groups is 2. The molecule has 0 aromatic heterocycles. The van der Waals surface area contributed by atoms with E-state index in [0.717, 1.165) is 0 Å². The first-order valence-electron chi connectivity index (χ1n) is 7.86. The number of hydrogen-bond donors (Lipinski definition) is 1. The molecular weight excluding hydrogens is 341 g/mol. The minimum absolute atomic E-state index is 0.316. The lowest BCUT2D eigenvalue weighted by molar-refractivity contribution is -0.161. The molecule has 1 amide bonds. The van der Waals surface area contributed by atoms with Crippen molar-refractivity contribution in [1.29, 1.82) is 0 Å². The van der Waals surface area contributed by atoms with E-state index >= 15 is 0 Å². The molecule has 0 saturated heterocycles. The predicted octanol–water partition coefficient (Wildman–Crippen LogP) is 3.17. The maximum absolute atomic E-state index is 12.9. The van der Waals surface area contributed by atoms with Gasteiger partial charge in [-0.05, 0) is 62.4 Å². The molecule has 26 heavy (non-hydrogen) atoms. The van der Waals surface area contributed by atoms with Gasteiger partial charge in [0.05, 0.1) is 7.11 Å². The second-order valence-corrected chi connectivity index (χ2v) is 5.92. The number of nitrogens with one attached hydrogen (secondary N) is 1. The smallest absolute Gasteiger partial charge is 0.350 e. The standard InChI is InChI=1S/C19H20FNO5/c1-19(2,26-16-8-4-13(20)5-9-16)18(23)25-12-17(22)21-14-6-10-15(24-3)11-7-14/h4-11H,12H2,1-3H3,(H,21,22). The topological polar surface area (TPSA) is 73.9 Å². The third-order valence-electron chi connectivity index (χ3n) is 3.39. The monoisotopic (exact) mass is 361 g/mol. The normalized spacial score (nSPS) is 10.8. The van der Waals surface area contributed by atoms with Crippen molar-refractivity contribution in [1.82, 2.24) is 0 Å². The second-order valence-electron chi connectivity index (χ2n) is 5.92. The van der Waals surface area contributed by atoms with Gasteiger partial charge in [-0.1, -0.05) is 0 Å². The number of halogens is 1. The Morgan fingerprint density at radius 1 is 1.00 bits per heavy atom. The second kappa shape index (κ2) is 8.33. The van der Waals surface area contributed by atoms with Gasteiger partial charge in [0.15, 0.2) is 12.2 Å². The van der Waals surface area contributed by atoms with Crippen LogP contribution in [0.15, 0.2) is 48.5 Å². The van der Waals surface area contributed by atoms with Crippen LogP contribution in [0.4, 0.5) is 10.1 Å². The Morgan fingerprint density at radius 2 is 1.58 bits per heavy atom. The molecule has 0 atom stereocenters. The minimum Gasteiger partial charge on any atom is -0.497 e. The number of anilines is 1. The largest absolute Gasteiger partial charge is 0.497 e. The van der Waals surface area contributed by atoms with Crippen molar-refractivity contribution in [3.63, 3.8) is 0 Å². The number of methoxy groups -OCH3 is 1. The summed E-state index contributed by atoms with van der Waals surface area (Å²) >= 11 is 0. The van der Waals surface area contributed by atoms with Crippen LogP contribution in [0, 0.1) is 5.82 Å². The molecule has 0 bridgehead atoms. The average Bonchev–Trinajstić information content (AvgIpc) is 2.62. The van der Waals surface area contributed by atoms with E-state index in [9.17, 15) is 14.0 Å². The molecule has 138 valence electrons. The van der Waals surface area contributed by atoms with E-state index in [4.69, 9.17) is 14.2 Å². The molecule has 1 N–H and O–H groups in total. The maximum atomic E-state index is 12.9. The Morgan fingerprint density at radius 3 is 2.15 bits per heavy atom. The zero-order chi connectivity index (χ0) is 19.2. The van der Waals surface area contributed by atoms with E-state index in [1.54, 1.807) is 31.4 Å². The van der Waals surface area contributed by atoms with Gasteiger partial charge in [0.1, 0.15) is 17.3 Å². The first kappa shape index (κ1) is 19.2. The molecule has 0 spiro atoms. The van der Waals surface area contributed by atoms with Crippen molar-refractivity contribution in [3.05, 3.63) is 54.3 Å². The highest BCUT2D eigenvalue weighted by molar-refractivity contribution is 5.93. The summed E-state index contributed by atoms with van der Waals surface area (Å²) in [7, 11) is 1.54. The fourth-order valence-corrected chi connectivity index (χ4v) is 2.02. The van der Waals surface area contributed by atoms with Crippen LogP contribution in [0.5, 0.6) is 11.5 Å². The molecule has 2 aromatic carbocycles. The molecule has 0 aliphatic heterocycles. The number of hydrogen-bond acceptors (Lipinski definition) is 5. The van der Waals surface area contributed by atoms with Gasteiger partial charge in [0, 0.05) is 5.69 Å². The summed E-state index contributed by atoms with van der Waals surface area (Å²) in [4.78, 5) is 24.1. The van der Waals surface area contributed by atoms with Gasteiger partial charge in [0.2, 0.25) is 0 Å². The zero-order valence-electron chi connectivity index (χ0n) is 14.7. The van der Waals surface area contributed by atoms with E-state index in [1.165, 1.54) is 38.1 Å². The van der Waals surface area contributed by atoms with Gasteiger partial charge in [-0.15, -0.1) is 0 Å². The third-order valence-corrected chi connectivity index (χ3v) is 3.39. The maximum Gasteiger partial charge on any atom is 0.350 e. The van der Waals surface area contributed by atoms with Crippen molar-refractivity contribution in [3.8, 4) is 11.5 Å². The van der Waals surface area contributed by atoms with Gasteiger partial charge < -0.3 is 19.5 Å². The van der Waals surface area contributed by atoms with Crippen LogP contribution < -0.4 is 14.8 Å². The lowest BCUT2D eigenvalue weighted by Gasteiger charge is -2.24. The lowest BCUT2D eigenvalue weighted by atomic mass is 10.1. The highest BCUT2D eigenvalue weighted by Crippen LogP contribution is 2.20. The number of rotatable bonds is 7. The molecule has 0 unspecified atom stereocenters. The van der Waals surface area contributed by atoms with Gasteiger partial charge in [-0.3, -0.25) is 4.79 Å². The van der Waals surface area contributed by atoms with Crippen LogP contribution in [0.1, 0.15) is 13.8 Å². The van der Waals surface area contributed by atoms with Crippen molar-refractivity contribution in [2.45, 2.75) is 19.4 Å². The van der Waals surface area contributed by atoms with Gasteiger partial charge in [-0.25, -0.2) is 9.18 Å². The molecule has 0 radical (unpaired) electrons. The first-order valence-corrected chi connectivity index (χ1v) is 7.86. The van der Waals surface area contributed by atoms with E-state index in [-0.39, 0.29) is 0 Å². The molecule has 0 aliphatic carbocycles. The summed E-state index contributed by atoms with van der Waals surface area (Å²) in [5.41, 5.74) is -0.785. The van der Waals surface area contributed by atoms with Crippen LogP contribution in [0.2, 0.25) is 0 Å². The Balaban J connectivity index is 1.85. The SMILES string of the molecule is COc1ccc(NC(=O)COC(=O)C(C)(C)Oc2ccc(F)cc2)cc1. The fraction of sp³-hybridized carbons (Fsp3) is 0.263. The molecule has 0 aliphatic rings. The van der Waals surface area contributed by atoms with Crippen LogP contribution in [0.3, 0.4) is 0 Å². The molecule has 2 aromatic rings. The molecule has 2 rings (SSSR count). The van der Waals surface area contributed by atoms with E-state index < -0.39 is 29.9 Å². The van der Waals surface area contributed by atoms with Gasteiger partial charge in [0.25, 0.3) is 5.91 Å². The lowest BCUT2D eigenvalue weighted by Crippen LogP contribution is -2.41. The summed E-state index contributed by atoms with van der Waals surface area (Å²) in [5.74, 6) is -0.633. The summed E-state index contributed by atoms with van der Waals surface area (Å²) in [6.45, 7) is 2.54. The summed E-state index contributed by atoms with van der Waals surface area (Å²) in [5, 5.41) is 2.60. The van der Waals surface area contributed by atoms with Gasteiger partial charge >= 0.3 is 5.97 Å². The van der Waals surface area contributed by atoms with Crippen molar-refractivity contribution in [2.24, 2.45) is 0 Å². The summed E-state index contributed by atoms with van der Waals surface area (Å²) in [6.07, 6.45) is 0. The van der Waals surface area contributed by atoms with Crippen LogP contribution in [0.25, 0.3) is 0 Å². The Labute approximate surface area is 150 Å². The van der Waals surface area contributed by atoms with E-state index in [2.05, 4.69) is 5.32 Å². The molecule has 7 heteroatoms. The number of carbonyl (C=O) groups excluding carboxylic acids is 2. The first-order chi connectivity index (χ1) is 12.3. The summed E-state index contributed by atoms with van der Waals surface area (Å²) in [6, 6.07) is 12.0. The molecular formula is C19H20FNO5. The zero-order valence-corrected chi connectivity index (χ0v) is 14.7. The summed E-state index contributed by atoms with van der Waals surface area (Å²) < 4.78 is 28.5. The molecule has 0 fully saturated rings. The Kier molecular flexibility index (Phi) is 6.16. The molecule has 0 heterocycles. The minimum atomic E-state index is -1.34. The van der Waals surface area contributed by atoms with Crippen molar-refractivity contribution in [2.75, 3.05) is 19.0 Å². The number of esters is 1. The fourth-order valence-electron chi connectivity index (χ4n) is 2.02. The molecule has 0 saturated carbocycles. The van der Waals surface area contributed by atoms with Crippen molar-refractivity contribution >= 4 is 17.6 Å².